The standard InChI is InChI=1S/C28H21N3O9S/c1-4-12-39-27(35)25-14(2)29-28(41-25)30-21(15-8-10-17(11-9-15)31(36)37)20(23(33)26(30)34)22(32)19-13-16-6-5-7-18(38-3)24(16)40-19/h4-11,13,21,33H,1,12H2,2-3H3. The third-order valence-corrected chi connectivity index (χ3v) is 7.47. The first kappa shape index (κ1) is 27.3. The highest BCUT2D eigenvalue weighted by atomic mass is 32.1. The molecule has 2 aromatic carbocycles. The maximum atomic E-state index is 13.9. The third kappa shape index (κ3) is 4.72. The summed E-state index contributed by atoms with van der Waals surface area (Å²) in [7, 11) is 1.45. The molecule has 13 heteroatoms. The summed E-state index contributed by atoms with van der Waals surface area (Å²) in [6, 6.07) is 10.4. The van der Waals surface area contributed by atoms with Crippen LogP contribution in [-0.2, 0) is 9.53 Å². The maximum Gasteiger partial charge on any atom is 0.350 e. The molecule has 1 N–H and O–H groups in total. The molecule has 3 heterocycles. The van der Waals surface area contributed by atoms with Crippen molar-refractivity contribution in [1.29, 1.82) is 0 Å². The van der Waals surface area contributed by atoms with Gasteiger partial charge < -0.3 is 19.0 Å². The van der Waals surface area contributed by atoms with Gasteiger partial charge in [-0.25, -0.2) is 9.78 Å². The molecule has 2 aromatic heterocycles. The topological polar surface area (TPSA) is 162 Å². The average molecular weight is 576 g/mol. The second-order valence-electron chi connectivity index (χ2n) is 8.81. The zero-order valence-corrected chi connectivity index (χ0v) is 22.5. The predicted octanol–water partition coefficient (Wildman–Crippen LogP) is 5.24. The van der Waals surface area contributed by atoms with Gasteiger partial charge in [0, 0.05) is 17.5 Å². The van der Waals surface area contributed by atoms with Crippen LogP contribution in [0.1, 0.15) is 37.5 Å². The molecular formula is C28H21N3O9S. The molecule has 12 nitrogen and oxygen atoms in total. The van der Waals surface area contributed by atoms with E-state index < -0.39 is 34.4 Å². The number of aliphatic hydroxyl groups is 1. The van der Waals surface area contributed by atoms with Crippen LogP contribution < -0.4 is 9.64 Å². The largest absolute Gasteiger partial charge is 0.503 e. The van der Waals surface area contributed by atoms with Crippen molar-refractivity contribution in [2.75, 3.05) is 18.6 Å². The zero-order valence-electron chi connectivity index (χ0n) is 21.7. The molecule has 208 valence electrons. The van der Waals surface area contributed by atoms with Crippen molar-refractivity contribution in [2.24, 2.45) is 0 Å². The lowest BCUT2D eigenvalue weighted by Gasteiger charge is -2.24. The van der Waals surface area contributed by atoms with Gasteiger partial charge in [-0.05, 0) is 36.8 Å². The van der Waals surface area contributed by atoms with E-state index in [1.54, 1.807) is 25.1 Å². The molecule has 1 aliphatic heterocycles. The average Bonchev–Trinajstić information content (AvgIpc) is 3.65. The zero-order chi connectivity index (χ0) is 29.4. The Bertz CT molecular complexity index is 1770. The lowest BCUT2D eigenvalue weighted by atomic mass is 9.95. The van der Waals surface area contributed by atoms with Crippen LogP contribution >= 0.6 is 11.3 Å². The van der Waals surface area contributed by atoms with Gasteiger partial charge in [0.05, 0.1) is 29.3 Å². The van der Waals surface area contributed by atoms with E-state index >= 15 is 0 Å². The molecule has 0 radical (unpaired) electrons. The van der Waals surface area contributed by atoms with Crippen LogP contribution in [0.3, 0.4) is 0 Å². The van der Waals surface area contributed by atoms with Crippen LogP contribution in [0.25, 0.3) is 11.0 Å². The molecule has 0 saturated heterocycles. The number of nitrogens with zero attached hydrogens (tertiary/aromatic N) is 3. The van der Waals surface area contributed by atoms with E-state index in [2.05, 4.69) is 11.6 Å². The smallest absolute Gasteiger partial charge is 0.350 e. The highest BCUT2D eigenvalue weighted by molar-refractivity contribution is 7.17. The first-order chi connectivity index (χ1) is 19.7. The van der Waals surface area contributed by atoms with Crippen molar-refractivity contribution in [3.63, 3.8) is 0 Å². The van der Waals surface area contributed by atoms with Gasteiger partial charge in [-0.2, -0.15) is 0 Å². The minimum atomic E-state index is -1.26. The molecule has 0 spiro atoms. The molecule has 0 bridgehead atoms. The molecule has 5 rings (SSSR count). The van der Waals surface area contributed by atoms with Crippen molar-refractivity contribution >= 4 is 50.8 Å². The summed E-state index contributed by atoms with van der Waals surface area (Å²) in [5, 5.41) is 22.9. The van der Waals surface area contributed by atoms with E-state index in [0.717, 1.165) is 16.2 Å². The van der Waals surface area contributed by atoms with Crippen molar-refractivity contribution < 1.29 is 38.3 Å². The number of methoxy groups -OCH3 is 1. The molecule has 0 fully saturated rings. The Morgan fingerprint density at radius 1 is 1.27 bits per heavy atom. The summed E-state index contributed by atoms with van der Waals surface area (Å²) in [6.07, 6.45) is 1.40. The summed E-state index contributed by atoms with van der Waals surface area (Å²) >= 11 is 0.834. The van der Waals surface area contributed by atoms with Crippen LogP contribution in [0.2, 0.25) is 0 Å². The molecule has 0 saturated carbocycles. The van der Waals surface area contributed by atoms with Crippen molar-refractivity contribution in [2.45, 2.75) is 13.0 Å². The number of carbonyl (C=O) groups excluding carboxylic acids is 3. The minimum absolute atomic E-state index is 0.00188. The molecule has 1 unspecified atom stereocenters. The summed E-state index contributed by atoms with van der Waals surface area (Å²) in [5.41, 5.74) is 0.286. The van der Waals surface area contributed by atoms with Crippen molar-refractivity contribution in [3.8, 4) is 5.75 Å². The Morgan fingerprint density at radius 3 is 2.66 bits per heavy atom. The highest BCUT2D eigenvalue weighted by Gasteiger charge is 2.47. The van der Waals surface area contributed by atoms with E-state index in [-0.39, 0.29) is 44.9 Å². The van der Waals surface area contributed by atoms with Crippen molar-refractivity contribution in [1.82, 2.24) is 4.98 Å². The Hall–Kier alpha value is -5.30. The number of nitro benzene ring substituents is 1. The van der Waals surface area contributed by atoms with Gasteiger partial charge in [0.15, 0.2) is 28.0 Å². The number of nitro groups is 1. The van der Waals surface area contributed by atoms with Gasteiger partial charge in [0.25, 0.3) is 11.6 Å². The van der Waals surface area contributed by atoms with E-state index in [1.165, 1.54) is 43.5 Å². The molecular weight excluding hydrogens is 554 g/mol. The summed E-state index contributed by atoms with van der Waals surface area (Å²) in [4.78, 5) is 56.1. The number of esters is 1. The normalized spacial score (nSPS) is 14.9. The number of rotatable bonds is 9. The molecule has 1 aliphatic rings. The fraction of sp³-hybridized carbons (Fsp3) is 0.143. The van der Waals surface area contributed by atoms with Crippen LogP contribution in [0.4, 0.5) is 10.8 Å². The number of aliphatic hydroxyl groups excluding tert-OH is 1. The lowest BCUT2D eigenvalue weighted by Crippen LogP contribution is -2.31. The number of carbonyl (C=O) groups is 3. The van der Waals surface area contributed by atoms with Gasteiger partial charge in [-0.15, -0.1) is 0 Å². The Balaban J connectivity index is 1.63. The molecule has 1 atom stereocenters. The van der Waals surface area contributed by atoms with Gasteiger partial charge in [-0.3, -0.25) is 24.6 Å². The number of furan rings is 1. The minimum Gasteiger partial charge on any atom is -0.503 e. The predicted molar refractivity (Wildman–Crippen MR) is 147 cm³/mol. The number of fused-ring (bicyclic) bond motifs is 1. The Labute approximate surface area is 235 Å². The molecule has 4 aromatic rings. The molecule has 41 heavy (non-hydrogen) atoms. The Kier molecular flexibility index (Phi) is 7.11. The number of ether oxygens (including phenoxy) is 2. The van der Waals surface area contributed by atoms with Gasteiger partial charge in [0.1, 0.15) is 11.5 Å². The number of Topliss-reactive ketones (excluding diaryl/α,β-unsaturated/α-hetero) is 1. The van der Waals surface area contributed by atoms with Gasteiger partial charge in [0.2, 0.25) is 5.78 Å². The SMILES string of the molecule is C=CCOC(=O)c1sc(N2C(=O)C(O)=C(C(=O)c3cc4cccc(OC)c4o3)C2c2ccc([N+](=O)[O-])cc2)nc1C. The van der Waals surface area contributed by atoms with Crippen LogP contribution in [0.5, 0.6) is 5.75 Å². The van der Waals surface area contributed by atoms with Crippen LogP contribution in [0.15, 0.2) is 76.9 Å². The second kappa shape index (κ2) is 10.7. The summed E-state index contributed by atoms with van der Waals surface area (Å²) in [5.74, 6) is -3.07. The number of anilines is 1. The number of benzene rings is 2. The number of ketones is 1. The number of hydrogen-bond acceptors (Lipinski definition) is 11. The fourth-order valence-electron chi connectivity index (χ4n) is 4.44. The van der Waals surface area contributed by atoms with E-state index in [4.69, 9.17) is 13.9 Å². The first-order valence-corrected chi connectivity index (χ1v) is 12.9. The number of non-ortho nitro benzene ring substituents is 1. The number of hydrogen-bond donors (Lipinski definition) is 1. The van der Waals surface area contributed by atoms with Crippen LogP contribution in [0, 0.1) is 17.0 Å². The lowest BCUT2D eigenvalue weighted by molar-refractivity contribution is -0.384. The number of aryl methyl sites for hydroxylation is 1. The Morgan fingerprint density at radius 2 is 2.00 bits per heavy atom. The number of amides is 1. The maximum absolute atomic E-state index is 13.9. The fourth-order valence-corrected chi connectivity index (χ4v) is 5.43. The van der Waals surface area contributed by atoms with E-state index in [9.17, 15) is 29.6 Å². The highest BCUT2D eigenvalue weighted by Crippen LogP contribution is 2.44. The summed E-state index contributed by atoms with van der Waals surface area (Å²) in [6.45, 7) is 5.01. The number of para-hydroxylation sites is 1. The second-order valence-corrected chi connectivity index (χ2v) is 9.78. The third-order valence-electron chi connectivity index (χ3n) is 6.33. The van der Waals surface area contributed by atoms with Crippen molar-refractivity contribution in [3.05, 3.63) is 105 Å². The number of thiazole rings is 1. The summed E-state index contributed by atoms with van der Waals surface area (Å²) < 4.78 is 16.2. The van der Waals surface area contributed by atoms with E-state index in [1.807, 2.05) is 0 Å². The molecule has 1 amide bonds. The van der Waals surface area contributed by atoms with Crippen LogP contribution in [-0.4, -0.2) is 46.4 Å². The van der Waals surface area contributed by atoms with E-state index in [0.29, 0.717) is 16.7 Å². The quantitative estimate of drug-likeness (QED) is 0.0918. The van der Waals surface area contributed by atoms with Gasteiger partial charge in [-0.1, -0.05) is 36.1 Å². The first-order valence-electron chi connectivity index (χ1n) is 12.0. The molecule has 0 aliphatic carbocycles. The monoisotopic (exact) mass is 575 g/mol. The van der Waals surface area contributed by atoms with Gasteiger partial charge >= 0.3 is 5.97 Å². The number of aromatic nitrogens is 1.